The van der Waals surface area contributed by atoms with Crippen LogP contribution in [-0.4, -0.2) is 15.9 Å². The molecule has 1 atom stereocenters. The number of carbonyl (C=O) groups excluding carboxylic acids is 1. The lowest BCUT2D eigenvalue weighted by molar-refractivity contribution is -0.138. The first-order chi connectivity index (χ1) is 12.1. The third kappa shape index (κ3) is 4.93. The molecule has 0 fully saturated rings. The van der Waals surface area contributed by atoms with E-state index in [4.69, 9.17) is 0 Å². The van der Waals surface area contributed by atoms with Crippen LogP contribution in [0.4, 0.5) is 13.2 Å². The zero-order valence-electron chi connectivity index (χ0n) is 14.6. The number of nitrogens with zero attached hydrogens (tertiary/aromatic N) is 1. The fraction of sp³-hybridized carbons (Fsp3) is 0.389. The van der Waals surface area contributed by atoms with Crippen molar-refractivity contribution in [3.05, 3.63) is 63.3 Å². The van der Waals surface area contributed by atoms with Crippen molar-refractivity contribution in [2.45, 2.75) is 39.4 Å². The molecule has 1 aromatic heterocycles. The van der Waals surface area contributed by atoms with E-state index in [0.29, 0.717) is 12.1 Å². The number of halogens is 3. The van der Waals surface area contributed by atoms with Gasteiger partial charge in [-0.15, -0.1) is 0 Å². The van der Waals surface area contributed by atoms with Crippen LogP contribution in [0.2, 0.25) is 0 Å². The highest BCUT2D eigenvalue weighted by Gasteiger charge is 2.34. The van der Waals surface area contributed by atoms with Crippen LogP contribution < -0.4 is 11.0 Å². The topological polar surface area (TPSA) is 74.8 Å². The number of alkyl halides is 3. The molecule has 1 heterocycles. The molecule has 1 unspecified atom stereocenters. The van der Waals surface area contributed by atoms with Crippen molar-refractivity contribution in [1.29, 1.82) is 0 Å². The predicted molar refractivity (Wildman–Crippen MR) is 90.7 cm³/mol. The zero-order valence-corrected chi connectivity index (χ0v) is 14.6. The van der Waals surface area contributed by atoms with Gasteiger partial charge in [-0.3, -0.25) is 4.79 Å². The van der Waals surface area contributed by atoms with Crippen molar-refractivity contribution in [1.82, 2.24) is 15.3 Å². The van der Waals surface area contributed by atoms with Crippen LogP contribution in [0, 0.1) is 5.92 Å². The minimum absolute atomic E-state index is 0.0550. The number of rotatable bonds is 5. The Morgan fingerprint density at radius 1 is 1.23 bits per heavy atom. The molecule has 26 heavy (non-hydrogen) atoms. The Bertz CT molecular complexity index is 844. The monoisotopic (exact) mass is 367 g/mol. The summed E-state index contributed by atoms with van der Waals surface area (Å²) in [7, 11) is 0. The van der Waals surface area contributed by atoms with Crippen LogP contribution in [-0.2, 0) is 12.6 Å². The quantitative estimate of drug-likeness (QED) is 0.850. The molecule has 0 radical (unpaired) electrons. The molecule has 8 heteroatoms. The molecule has 0 bridgehead atoms. The lowest BCUT2D eigenvalue weighted by Gasteiger charge is -2.19. The van der Waals surface area contributed by atoms with E-state index in [-0.39, 0.29) is 17.2 Å². The largest absolute Gasteiger partial charge is 0.416 e. The Hall–Kier alpha value is -2.64. The van der Waals surface area contributed by atoms with Crippen LogP contribution in [0.5, 0.6) is 0 Å². The van der Waals surface area contributed by atoms with Crippen molar-refractivity contribution in [2.75, 3.05) is 0 Å². The third-order valence-corrected chi connectivity index (χ3v) is 3.74. The maximum absolute atomic E-state index is 13.1. The second-order valence-electron chi connectivity index (χ2n) is 6.47. The van der Waals surface area contributed by atoms with Crippen molar-refractivity contribution in [3.8, 4) is 0 Å². The number of carbonyl (C=O) groups is 1. The molecule has 0 saturated carbocycles. The maximum Gasteiger partial charge on any atom is 0.416 e. The van der Waals surface area contributed by atoms with Crippen LogP contribution in [0.1, 0.15) is 54.1 Å². The minimum atomic E-state index is -4.53. The molecule has 1 amide bonds. The smallest absolute Gasteiger partial charge is 0.344 e. The first-order valence-electron chi connectivity index (χ1n) is 8.15. The number of aromatic nitrogens is 2. The van der Waals surface area contributed by atoms with Gasteiger partial charge in [-0.25, -0.2) is 4.79 Å². The standard InChI is InChI=1S/C18H20F3N3O2/c1-10(2)8-12-9-15(24-17(26)23-12)16(25)22-11(3)13-6-4-5-7-14(13)18(19,20)21/h4-7,9-11H,8H2,1-3H3,(H,22,25)(H,23,24,26). The van der Waals surface area contributed by atoms with Gasteiger partial charge in [-0.1, -0.05) is 32.0 Å². The van der Waals surface area contributed by atoms with Gasteiger partial charge in [0.15, 0.2) is 0 Å². The maximum atomic E-state index is 13.1. The fourth-order valence-corrected chi connectivity index (χ4v) is 2.66. The van der Waals surface area contributed by atoms with Crippen LogP contribution >= 0.6 is 0 Å². The Labute approximate surface area is 148 Å². The fourth-order valence-electron chi connectivity index (χ4n) is 2.66. The Balaban J connectivity index is 2.26. The van der Waals surface area contributed by atoms with Gasteiger partial charge in [0.25, 0.3) is 5.91 Å². The van der Waals surface area contributed by atoms with Gasteiger partial charge in [-0.05, 0) is 37.0 Å². The average Bonchev–Trinajstić information content (AvgIpc) is 2.52. The molecule has 140 valence electrons. The Morgan fingerprint density at radius 2 is 1.88 bits per heavy atom. The second kappa shape index (κ2) is 7.72. The molecule has 2 aromatic rings. The number of aromatic amines is 1. The van der Waals surface area contributed by atoms with Gasteiger partial charge < -0.3 is 10.3 Å². The number of benzene rings is 1. The van der Waals surface area contributed by atoms with E-state index in [1.807, 2.05) is 13.8 Å². The normalized spacial score (nSPS) is 12.9. The van der Waals surface area contributed by atoms with Crippen molar-refractivity contribution < 1.29 is 18.0 Å². The Morgan fingerprint density at radius 3 is 2.50 bits per heavy atom. The number of nitrogens with one attached hydrogen (secondary N) is 2. The van der Waals surface area contributed by atoms with Gasteiger partial charge in [0, 0.05) is 5.69 Å². The number of hydrogen-bond acceptors (Lipinski definition) is 3. The highest BCUT2D eigenvalue weighted by Crippen LogP contribution is 2.34. The van der Waals surface area contributed by atoms with Crippen LogP contribution in [0.3, 0.4) is 0 Å². The van der Waals surface area contributed by atoms with Gasteiger partial charge in [0.2, 0.25) is 0 Å². The Kier molecular flexibility index (Phi) is 5.84. The summed E-state index contributed by atoms with van der Waals surface area (Å²) in [6, 6.07) is 5.57. The highest BCUT2D eigenvalue weighted by atomic mass is 19.4. The molecule has 0 saturated heterocycles. The molecule has 0 aliphatic carbocycles. The summed E-state index contributed by atoms with van der Waals surface area (Å²) in [5, 5.41) is 2.48. The van der Waals surface area contributed by atoms with E-state index >= 15 is 0 Å². The summed E-state index contributed by atoms with van der Waals surface area (Å²) in [5.74, 6) is -0.452. The summed E-state index contributed by atoms with van der Waals surface area (Å²) in [5.41, 5.74) is -1.11. The summed E-state index contributed by atoms with van der Waals surface area (Å²) < 4.78 is 39.4. The summed E-state index contributed by atoms with van der Waals surface area (Å²) in [4.78, 5) is 30.2. The summed E-state index contributed by atoms with van der Waals surface area (Å²) >= 11 is 0. The highest BCUT2D eigenvalue weighted by molar-refractivity contribution is 5.92. The molecular formula is C18H20F3N3O2. The van der Waals surface area contributed by atoms with Gasteiger partial charge in [0.05, 0.1) is 11.6 Å². The van der Waals surface area contributed by atoms with E-state index in [2.05, 4.69) is 15.3 Å². The molecule has 5 nitrogen and oxygen atoms in total. The molecule has 2 rings (SSSR count). The van der Waals surface area contributed by atoms with Crippen molar-refractivity contribution in [3.63, 3.8) is 0 Å². The second-order valence-corrected chi connectivity index (χ2v) is 6.47. The molecule has 1 aromatic carbocycles. The summed E-state index contributed by atoms with van der Waals surface area (Å²) in [6.07, 6.45) is -3.98. The molecule has 0 aliphatic heterocycles. The number of H-pyrrole nitrogens is 1. The third-order valence-electron chi connectivity index (χ3n) is 3.74. The van der Waals surface area contributed by atoms with E-state index in [0.717, 1.165) is 6.07 Å². The lowest BCUT2D eigenvalue weighted by atomic mass is 10.0. The average molecular weight is 367 g/mol. The molecule has 0 aliphatic rings. The first kappa shape index (κ1) is 19.7. The zero-order chi connectivity index (χ0) is 19.5. The van der Waals surface area contributed by atoms with E-state index in [1.165, 1.54) is 31.2 Å². The van der Waals surface area contributed by atoms with Gasteiger partial charge >= 0.3 is 11.9 Å². The van der Waals surface area contributed by atoms with E-state index in [1.54, 1.807) is 0 Å². The van der Waals surface area contributed by atoms with E-state index < -0.39 is 29.4 Å². The van der Waals surface area contributed by atoms with E-state index in [9.17, 15) is 22.8 Å². The van der Waals surface area contributed by atoms with Crippen LogP contribution in [0.25, 0.3) is 0 Å². The predicted octanol–water partition coefficient (Wildman–Crippen LogP) is 3.48. The summed E-state index contributed by atoms with van der Waals surface area (Å²) in [6.45, 7) is 5.36. The lowest BCUT2D eigenvalue weighted by Crippen LogP contribution is -2.31. The minimum Gasteiger partial charge on any atom is -0.344 e. The first-order valence-corrected chi connectivity index (χ1v) is 8.15. The van der Waals surface area contributed by atoms with Gasteiger partial charge in [0.1, 0.15) is 5.69 Å². The molecular weight excluding hydrogens is 347 g/mol. The van der Waals surface area contributed by atoms with Crippen LogP contribution in [0.15, 0.2) is 35.1 Å². The molecule has 2 N–H and O–H groups in total. The van der Waals surface area contributed by atoms with Crippen molar-refractivity contribution >= 4 is 5.91 Å². The number of hydrogen-bond donors (Lipinski definition) is 2. The number of amides is 1. The molecule has 0 spiro atoms. The SMILES string of the molecule is CC(C)Cc1cc(C(=O)NC(C)c2ccccc2C(F)(F)F)nc(=O)[nH]1. The van der Waals surface area contributed by atoms with Gasteiger partial charge in [-0.2, -0.15) is 18.2 Å². The van der Waals surface area contributed by atoms with Crippen molar-refractivity contribution in [2.24, 2.45) is 5.92 Å².